The number of hydrogen-bond acceptors (Lipinski definition) is 4. The number of nitrogens with one attached hydrogen (secondary N) is 1. The van der Waals surface area contributed by atoms with Crippen LogP contribution in [-0.4, -0.2) is 28.2 Å². The number of anilines is 1. The van der Waals surface area contributed by atoms with E-state index in [4.69, 9.17) is 10.5 Å². The van der Waals surface area contributed by atoms with Crippen LogP contribution in [-0.2, 0) is 14.8 Å². The summed E-state index contributed by atoms with van der Waals surface area (Å²) >= 11 is 3.04. The SMILES string of the molecule is COCCC(C)NS(=O)(=O)c1cc(N)c(Br)cc1F. The summed E-state index contributed by atoms with van der Waals surface area (Å²) in [6.07, 6.45) is 0.489. The van der Waals surface area contributed by atoms with Crippen molar-refractivity contribution in [2.24, 2.45) is 0 Å². The third kappa shape index (κ3) is 4.41. The number of benzene rings is 1. The van der Waals surface area contributed by atoms with Crippen LogP contribution in [0.1, 0.15) is 13.3 Å². The van der Waals surface area contributed by atoms with Gasteiger partial charge in [0.15, 0.2) is 0 Å². The van der Waals surface area contributed by atoms with Crippen LogP contribution in [0.15, 0.2) is 21.5 Å². The Labute approximate surface area is 120 Å². The molecule has 0 aliphatic rings. The van der Waals surface area contributed by atoms with Crippen LogP contribution in [0.3, 0.4) is 0 Å². The Bertz CT molecular complexity index is 551. The molecule has 5 nitrogen and oxygen atoms in total. The Hall–Kier alpha value is -0.700. The van der Waals surface area contributed by atoms with Crippen molar-refractivity contribution in [3.8, 4) is 0 Å². The van der Waals surface area contributed by atoms with Gasteiger partial charge in [0.25, 0.3) is 0 Å². The molecule has 0 fully saturated rings. The lowest BCUT2D eigenvalue weighted by atomic mass is 10.3. The molecule has 1 unspecified atom stereocenters. The third-order valence-corrected chi connectivity index (χ3v) is 4.74. The van der Waals surface area contributed by atoms with Crippen LogP contribution < -0.4 is 10.5 Å². The van der Waals surface area contributed by atoms with Gasteiger partial charge in [0, 0.05) is 29.9 Å². The van der Waals surface area contributed by atoms with Crippen molar-refractivity contribution in [1.29, 1.82) is 0 Å². The van der Waals surface area contributed by atoms with Crippen LogP contribution in [0, 0.1) is 5.82 Å². The van der Waals surface area contributed by atoms with Gasteiger partial charge in [0.05, 0.1) is 0 Å². The molecule has 1 atom stereocenters. The summed E-state index contributed by atoms with van der Waals surface area (Å²) in [5.74, 6) is -0.854. The minimum atomic E-state index is -3.94. The molecule has 108 valence electrons. The van der Waals surface area contributed by atoms with E-state index < -0.39 is 20.7 Å². The van der Waals surface area contributed by atoms with Gasteiger partial charge in [0.1, 0.15) is 10.7 Å². The molecule has 0 aliphatic carbocycles. The maximum absolute atomic E-state index is 13.7. The predicted molar refractivity (Wildman–Crippen MR) is 74.8 cm³/mol. The Kier molecular flexibility index (Phi) is 5.72. The molecule has 0 heterocycles. The monoisotopic (exact) mass is 354 g/mol. The number of nitrogen functional groups attached to an aromatic ring is 1. The Morgan fingerprint density at radius 3 is 2.74 bits per heavy atom. The van der Waals surface area contributed by atoms with Gasteiger partial charge in [0.2, 0.25) is 10.0 Å². The fraction of sp³-hybridized carbons (Fsp3) is 0.455. The Morgan fingerprint density at radius 1 is 1.53 bits per heavy atom. The molecule has 0 saturated carbocycles. The van der Waals surface area contributed by atoms with Gasteiger partial charge in [-0.2, -0.15) is 0 Å². The average Bonchev–Trinajstić information content (AvgIpc) is 2.30. The van der Waals surface area contributed by atoms with E-state index in [9.17, 15) is 12.8 Å². The highest BCUT2D eigenvalue weighted by atomic mass is 79.9. The molecule has 1 aromatic carbocycles. The number of halogens is 2. The van der Waals surface area contributed by atoms with Crippen LogP contribution in [0.5, 0.6) is 0 Å². The number of hydrogen-bond donors (Lipinski definition) is 2. The van der Waals surface area contributed by atoms with Crippen molar-refractivity contribution in [3.05, 3.63) is 22.4 Å². The van der Waals surface area contributed by atoms with E-state index >= 15 is 0 Å². The van der Waals surface area contributed by atoms with Gasteiger partial charge in [-0.1, -0.05) is 0 Å². The van der Waals surface area contributed by atoms with Crippen molar-refractivity contribution in [2.45, 2.75) is 24.3 Å². The molecule has 1 rings (SSSR count). The zero-order chi connectivity index (χ0) is 14.6. The molecular weight excluding hydrogens is 339 g/mol. The highest BCUT2D eigenvalue weighted by molar-refractivity contribution is 9.10. The molecular formula is C11H16BrFN2O3S. The van der Waals surface area contributed by atoms with E-state index in [0.717, 1.165) is 12.1 Å². The molecule has 0 saturated heterocycles. The maximum Gasteiger partial charge on any atom is 0.243 e. The molecule has 0 aromatic heterocycles. The Morgan fingerprint density at radius 2 is 2.16 bits per heavy atom. The summed E-state index contributed by atoms with van der Waals surface area (Å²) in [7, 11) is -2.42. The van der Waals surface area contributed by atoms with E-state index in [-0.39, 0.29) is 11.7 Å². The summed E-state index contributed by atoms with van der Waals surface area (Å²) in [5, 5.41) is 0. The van der Waals surface area contributed by atoms with Crippen molar-refractivity contribution < 1.29 is 17.5 Å². The lowest BCUT2D eigenvalue weighted by Gasteiger charge is -2.14. The smallest absolute Gasteiger partial charge is 0.243 e. The zero-order valence-electron chi connectivity index (χ0n) is 10.6. The zero-order valence-corrected chi connectivity index (χ0v) is 13.0. The summed E-state index contributed by atoms with van der Waals surface area (Å²) in [6, 6.07) is 1.75. The van der Waals surface area contributed by atoms with Gasteiger partial charge < -0.3 is 10.5 Å². The molecule has 0 bridgehead atoms. The molecule has 19 heavy (non-hydrogen) atoms. The first-order valence-corrected chi connectivity index (χ1v) is 7.81. The number of methoxy groups -OCH3 is 1. The summed E-state index contributed by atoms with van der Waals surface area (Å²) < 4.78 is 45.3. The van der Waals surface area contributed by atoms with Crippen molar-refractivity contribution in [3.63, 3.8) is 0 Å². The van der Waals surface area contributed by atoms with Crippen molar-refractivity contribution in [2.75, 3.05) is 19.5 Å². The second-order valence-corrected chi connectivity index (χ2v) is 6.64. The van der Waals surface area contributed by atoms with Gasteiger partial charge in [-0.25, -0.2) is 17.5 Å². The third-order valence-electron chi connectivity index (χ3n) is 2.45. The molecule has 0 aliphatic heterocycles. The fourth-order valence-electron chi connectivity index (χ4n) is 1.43. The average molecular weight is 355 g/mol. The minimum Gasteiger partial charge on any atom is -0.398 e. The fourth-order valence-corrected chi connectivity index (χ4v) is 3.12. The maximum atomic E-state index is 13.7. The van der Waals surface area contributed by atoms with E-state index in [2.05, 4.69) is 20.7 Å². The molecule has 0 amide bonds. The van der Waals surface area contributed by atoms with Crippen LogP contribution in [0.4, 0.5) is 10.1 Å². The highest BCUT2D eigenvalue weighted by Crippen LogP contribution is 2.26. The number of sulfonamides is 1. The summed E-state index contributed by atoms with van der Waals surface area (Å²) in [5.41, 5.74) is 5.73. The molecule has 8 heteroatoms. The van der Waals surface area contributed by atoms with E-state index in [0.29, 0.717) is 17.5 Å². The van der Waals surface area contributed by atoms with Crippen LogP contribution >= 0.6 is 15.9 Å². The molecule has 0 spiro atoms. The molecule has 3 N–H and O–H groups in total. The lowest BCUT2D eigenvalue weighted by molar-refractivity contribution is 0.188. The van der Waals surface area contributed by atoms with E-state index in [1.54, 1.807) is 6.92 Å². The van der Waals surface area contributed by atoms with Crippen LogP contribution in [0.25, 0.3) is 0 Å². The van der Waals surface area contributed by atoms with Gasteiger partial charge >= 0.3 is 0 Å². The van der Waals surface area contributed by atoms with E-state index in [1.165, 1.54) is 7.11 Å². The first-order chi connectivity index (χ1) is 8.77. The molecule has 1 aromatic rings. The lowest BCUT2D eigenvalue weighted by Crippen LogP contribution is -2.34. The quantitative estimate of drug-likeness (QED) is 0.764. The normalized spacial score (nSPS) is 13.5. The summed E-state index contributed by atoms with van der Waals surface area (Å²) in [4.78, 5) is -0.461. The number of rotatable bonds is 6. The van der Waals surface area contributed by atoms with E-state index in [1.807, 2.05) is 0 Å². The first kappa shape index (κ1) is 16.4. The van der Waals surface area contributed by atoms with Crippen LogP contribution in [0.2, 0.25) is 0 Å². The Balaban J connectivity index is 2.98. The topological polar surface area (TPSA) is 81.4 Å². The molecule has 0 radical (unpaired) electrons. The standard InChI is InChI=1S/C11H16BrFN2O3S/c1-7(3-4-18-2)15-19(16,17)11-6-10(14)8(12)5-9(11)13/h5-7,15H,3-4,14H2,1-2H3. The number of ether oxygens (including phenoxy) is 1. The highest BCUT2D eigenvalue weighted by Gasteiger charge is 2.22. The van der Waals surface area contributed by atoms with Crippen molar-refractivity contribution in [1.82, 2.24) is 4.72 Å². The second kappa shape index (κ2) is 6.65. The first-order valence-electron chi connectivity index (χ1n) is 5.53. The van der Waals surface area contributed by atoms with Gasteiger partial charge in [-0.15, -0.1) is 0 Å². The predicted octanol–water partition coefficient (Wildman–Crippen LogP) is 1.87. The number of nitrogens with two attached hydrogens (primary N) is 1. The second-order valence-electron chi connectivity index (χ2n) is 4.11. The minimum absolute atomic E-state index is 0.159. The van der Waals surface area contributed by atoms with Gasteiger partial charge in [-0.3, -0.25) is 0 Å². The van der Waals surface area contributed by atoms with Gasteiger partial charge in [-0.05, 0) is 41.4 Å². The largest absolute Gasteiger partial charge is 0.398 e. The summed E-state index contributed by atoms with van der Waals surface area (Å²) in [6.45, 7) is 2.09. The van der Waals surface area contributed by atoms with Crippen molar-refractivity contribution >= 4 is 31.6 Å².